The van der Waals surface area contributed by atoms with Crippen LogP contribution in [-0.4, -0.2) is 24.8 Å². The van der Waals surface area contributed by atoms with Crippen LogP contribution in [0.5, 0.6) is 5.75 Å². The van der Waals surface area contributed by atoms with E-state index in [9.17, 15) is 4.79 Å². The molecule has 0 bridgehead atoms. The van der Waals surface area contributed by atoms with E-state index in [0.717, 1.165) is 36.1 Å². The van der Waals surface area contributed by atoms with Crippen molar-refractivity contribution in [3.8, 4) is 5.75 Å². The van der Waals surface area contributed by atoms with Crippen molar-refractivity contribution < 1.29 is 14.3 Å². The van der Waals surface area contributed by atoms with Gasteiger partial charge in [-0.25, -0.2) is 4.79 Å². The molecule has 0 saturated heterocycles. The molecule has 1 aliphatic heterocycles. The molecule has 4 nitrogen and oxygen atoms in total. The van der Waals surface area contributed by atoms with Gasteiger partial charge in [0, 0.05) is 11.0 Å². The summed E-state index contributed by atoms with van der Waals surface area (Å²) in [6.45, 7) is 6.99. The molecule has 1 N–H and O–H groups in total. The molecule has 1 aromatic rings. The largest absolute Gasteiger partial charge is 0.493 e. The van der Waals surface area contributed by atoms with E-state index < -0.39 is 5.60 Å². The lowest BCUT2D eigenvalue weighted by atomic mass is 9.89. The molecule has 0 spiro atoms. The smallest absolute Gasteiger partial charge is 0.407 e. The Bertz CT molecular complexity index is 525. The van der Waals surface area contributed by atoms with Crippen LogP contribution in [0.25, 0.3) is 0 Å². The molecule has 0 aromatic heterocycles. The van der Waals surface area contributed by atoms with Crippen LogP contribution in [-0.2, 0) is 4.74 Å². The molecular formula is C17H24BrNO3. The first-order valence-corrected chi connectivity index (χ1v) is 8.53. The molecule has 0 fully saturated rings. The molecule has 0 radical (unpaired) electrons. The van der Waals surface area contributed by atoms with Crippen LogP contribution >= 0.6 is 15.9 Å². The van der Waals surface area contributed by atoms with E-state index in [1.165, 1.54) is 5.56 Å². The first kappa shape index (κ1) is 17.1. The third-order valence-corrected chi connectivity index (χ3v) is 4.03. The second-order valence-corrected chi connectivity index (χ2v) is 7.50. The summed E-state index contributed by atoms with van der Waals surface area (Å²) in [6, 6.07) is 6.21. The summed E-state index contributed by atoms with van der Waals surface area (Å²) < 4.78 is 12.0. The average Bonchev–Trinajstić information content (AvgIpc) is 2.41. The maximum atomic E-state index is 11.6. The van der Waals surface area contributed by atoms with Crippen LogP contribution in [0, 0.1) is 0 Å². The normalized spacial score (nSPS) is 17.4. The minimum atomic E-state index is -0.447. The number of amides is 1. The topological polar surface area (TPSA) is 47.6 Å². The van der Waals surface area contributed by atoms with Crippen LogP contribution < -0.4 is 10.1 Å². The van der Waals surface area contributed by atoms with Crippen LogP contribution in [0.3, 0.4) is 0 Å². The van der Waals surface area contributed by atoms with E-state index in [0.29, 0.717) is 12.5 Å². The minimum absolute atomic E-state index is 0.344. The van der Waals surface area contributed by atoms with Gasteiger partial charge in [-0.3, -0.25) is 0 Å². The van der Waals surface area contributed by atoms with Crippen LogP contribution in [0.1, 0.15) is 51.5 Å². The predicted octanol–water partition coefficient (Wildman–Crippen LogP) is 4.62. The number of halogens is 1. The summed E-state index contributed by atoms with van der Waals surface area (Å²) in [5.41, 5.74) is 0.823. The van der Waals surface area contributed by atoms with Crippen molar-refractivity contribution >= 4 is 22.0 Å². The number of benzene rings is 1. The third kappa shape index (κ3) is 5.20. The Morgan fingerprint density at radius 1 is 1.45 bits per heavy atom. The fraction of sp³-hybridized carbons (Fsp3) is 0.588. The molecule has 1 amide bonds. The summed E-state index contributed by atoms with van der Waals surface area (Å²) in [5.74, 6) is 1.48. The van der Waals surface area contributed by atoms with Gasteiger partial charge in [0.2, 0.25) is 0 Å². The molecule has 122 valence electrons. The fourth-order valence-electron chi connectivity index (χ4n) is 2.59. The molecule has 2 rings (SSSR count). The Kier molecular flexibility index (Phi) is 5.73. The zero-order valence-electron chi connectivity index (χ0n) is 13.4. The van der Waals surface area contributed by atoms with E-state index in [1.54, 1.807) is 0 Å². The predicted molar refractivity (Wildman–Crippen MR) is 90.5 cm³/mol. The molecular weight excluding hydrogens is 346 g/mol. The Morgan fingerprint density at radius 2 is 2.23 bits per heavy atom. The maximum absolute atomic E-state index is 11.6. The van der Waals surface area contributed by atoms with Crippen molar-refractivity contribution in [3.63, 3.8) is 0 Å². The molecule has 1 heterocycles. The monoisotopic (exact) mass is 369 g/mol. The van der Waals surface area contributed by atoms with E-state index >= 15 is 0 Å². The van der Waals surface area contributed by atoms with Gasteiger partial charge < -0.3 is 14.8 Å². The molecule has 0 aliphatic carbocycles. The summed E-state index contributed by atoms with van der Waals surface area (Å²) in [7, 11) is 0. The second kappa shape index (κ2) is 7.36. The summed E-state index contributed by atoms with van der Waals surface area (Å²) in [6.07, 6.45) is 2.65. The van der Waals surface area contributed by atoms with Gasteiger partial charge in [-0.1, -0.05) is 22.0 Å². The van der Waals surface area contributed by atoms with E-state index in [2.05, 4.69) is 33.4 Å². The van der Waals surface area contributed by atoms with Gasteiger partial charge in [0.05, 0.1) is 6.61 Å². The van der Waals surface area contributed by atoms with Crippen LogP contribution in [0.15, 0.2) is 22.7 Å². The number of fused-ring (bicyclic) bond motifs is 1. The van der Waals surface area contributed by atoms with Gasteiger partial charge in [-0.05, 0) is 63.6 Å². The average molecular weight is 370 g/mol. The van der Waals surface area contributed by atoms with Crippen molar-refractivity contribution in [1.82, 2.24) is 5.32 Å². The van der Waals surface area contributed by atoms with Gasteiger partial charge in [0.25, 0.3) is 0 Å². The molecule has 1 aromatic carbocycles. The Balaban J connectivity index is 1.78. The number of nitrogens with one attached hydrogen (secondary N) is 1. The summed E-state index contributed by atoms with van der Waals surface area (Å²) in [4.78, 5) is 11.6. The Morgan fingerprint density at radius 3 is 2.95 bits per heavy atom. The quantitative estimate of drug-likeness (QED) is 0.787. The highest BCUT2D eigenvalue weighted by atomic mass is 79.9. The minimum Gasteiger partial charge on any atom is -0.493 e. The standard InChI is InChI=1S/C17H24BrNO3/c1-17(2,3)22-16(20)19-9-4-5-12-8-10-21-15-11-13(18)6-7-14(12)15/h6-7,11-12H,4-5,8-10H2,1-3H3,(H,19,20). The number of alkyl carbamates (subject to hydrolysis) is 1. The third-order valence-electron chi connectivity index (χ3n) is 3.54. The molecule has 0 saturated carbocycles. The number of carbonyl (C=O) groups excluding carboxylic acids is 1. The van der Waals surface area contributed by atoms with E-state index in [1.807, 2.05) is 26.8 Å². The van der Waals surface area contributed by atoms with Crippen molar-refractivity contribution in [2.45, 2.75) is 51.6 Å². The van der Waals surface area contributed by atoms with Crippen molar-refractivity contribution in [1.29, 1.82) is 0 Å². The Hall–Kier alpha value is -1.23. The number of ether oxygens (including phenoxy) is 2. The zero-order chi connectivity index (χ0) is 16.2. The van der Waals surface area contributed by atoms with Gasteiger partial charge in [-0.2, -0.15) is 0 Å². The van der Waals surface area contributed by atoms with Crippen molar-refractivity contribution in [2.75, 3.05) is 13.2 Å². The first-order chi connectivity index (χ1) is 10.3. The SMILES string of the molecule is CC(C)(C)OC(=O)NCCCC1CCOc2cc(Br)ccc21. The van der Waals surface area contributed by atoms with Crippen LogP contribution in [0.4, 0.5) is 4.79 Å². The summed E-state index contributed by atoms with van der Waals surface area (Å²) in [5, 5.41) is 2.81. The lowest BCUT2D eigenvalue weighted by Gasteiger charge is -2.26. The fourth-order valence-corrected chi connectivity index (χ4v) is 2.93. The van der Waals surface area contributed by atoms with Gasteiger partial charge >= 0.3 is 6.09 Å². The van der Waals surface area contributed by atoms with Crippen molar-refractivity contribution in [2.24, 2.45) is 0 Å². The highest BCUT2D eigenvalue weighted by molar-refractivity contribution is 9.10. The maximum Gasteiger partial charge on any atom is 0.407 e. The van der Waals surface area contributed by atoms with E-state index in [-0.39, 0.29) is 6.09 Å². The van der Waals surface area contributed by atoms with Crippen molar-refractivity contribution in [3.05, 3.63) is 28.2 Å². The number of carbonyl (C=O) groups is 1. The van der Waals surface area contributed by atoms with E-state index in [4.69, 9.17) is 9.47 Å². The van der Waals surface area contributed by atoms with Gasteiger partial charge in [-0.15, -0.1) is 0 Å². The first-order valence-electron chi connectivity index (χ1n) is 7.74. The van der Waals surface area contributed by atoms with Crippen LogP contribution in [0.2, 0.25) is 0 Å². The Labute approximate surface area is 140 Å². The lowest BCUT2D eigenvalue weighted by Crippen LogP contribution is -2.33. The lowest BCUT2D eigenvalue weighted by molar-refractivity contribution is 0.0526. The molecule has 5 heteroatoms. The molecule has 1 atom stereocenters. The molecule has 22 heavy (non-hydrogen) atoms. The number of rotatable bonds is 4. The van der Waals surface area contributed by atoms with Gasteiger partial charge in [0.1, 0.15) is 11.4 Å². The van der Waals surface area contributed by atoms with Gasteiger partial charge in [0.15, 0.2) is 0 Å². The zero-order valence-corrected chi connectivity index (χ0v) is 15.0. The highest BCUT2D eigenvalue weighted by Gasteiger charge is 2.21. The number of hydrogen-bond donors (Lipinski definition) is 1. The molecule has 1 unspecified atom stereocenters. The number of hydrogen-bond acceptors (Lipinski definition) is 3. The molecule has 1 aliphatic rings. The summed E-state index contributed by atoms with van der Waals surface area (Å²) >= 11 is 3.47. The second-order valence-electron chi connectivity index (χ2n) is 6.59. The highest BCUT2D eigenvalue weighted by Crippen LogP contribution is 2.37.